The van der Waals surface area contributed by atoms with Gasteiger partial charge in [-0.3, -0.25) is 0 Å². The molecule has 0 aliphatic rings. The van der Waals surface area contributed by atoms with E-state index in [1.54, 1.807) is 11.8 Å². The molecule has 0 saturated carbocycles. The molecule has 1 rings (SSSR count). The number of nitrogens with zero attached hydrogens (tertiary/aromatic N) is 2. The van der Waals surface area contributed by atoms with Gasteiger partial charge in [-0.05, 0) is 18.4 Å². The highest BCUT2D eigenvalue weighted by Crippen LogP contribution is 2.11. The van der Waals surface area contributed by atoms with Gasteiger partial charge >= 0.3 is 0 Å². The summed E-state index contributed by atoms with van der Waals surface area (Å²) in [6, 6.07) is 3.83. The third-order valence-corrected chi connectivity index (χ3v) is 2.23. The molecule has 13 heavy (non-hydrogen) atoms. The molecule has 0 amide bonds. The van der Waals surface area contributed by atoms with Gasteiger partial charge in [-0.2, -0.15) is 0 Å². The van der Waals surface area contributed by atoms with Crippen LogP contribution in [0.1, 0.15) is 0 Å². The first-order valence-electron chi connectivity index (χ1n) is 3.67. The molecule has 0 aromatic carbocycles. The molecular formula is C8H10BrN3S. The summed E-state index contributed by atoms with van der Waals surface area (Å²) in [4.78, 5) is 0. The minimum absolute atomic E-state index is 0.660. The first-order valence-corrected chi connectivity index (χ1v) is 5.69. The number of halogens is 1. The molecule has 0 aliphatic carbocycles. The minimum atomic E-state index is 0.660. The zero-order valence-electron chi connectivity index (χ0n) is 7.25. The topological polar surface area (TPSA) is 37.8 Å². The largest absolute Gasteiger partial charge is 0.364 e. The summed E-state index contributed by atoms with van der Waals surface area (Å²) in [6.07, 6.45) is 1.97. The number of anilines is 1. The lowest BCUT2D eigenvalue weighted by Gasteiger charge is -2.02. The van der Waals surface area contributed by atoms with E-state index >= 15 is 0 Å². The number of nitrogens with one attached hydrogen (secondary N) is 1. The van der Waals surface area contributed by atoms with Crippen molar-refractivity contribution in [1.82, 2.24) is 10.2 Å². The second-order valence-electron chi connectivity index (χ2n) is 2.33. The van der Waals surface area contributed by atoms with Crippen LogP contribution < -0.4 is 5.32 Å². The van der Waals surface area contributed by atoms with Crippen LogP contribution in [0.4, 0.5) is 5.82 Å². The maximum Gasteiger partial charge on any atom is 0.149 e. The standard InChI is InChI=1S/C8H10BrN3S/c1-6(9)5-10-7-3-4-8(13-2)12-11-7/h3-4H,1,5H2,2H3,(H,10,11). The number of hydrogen-bond acceptors (Lipinski definition) is 4. The summed E-state index contributed by atoms with van der Waals surface area (Å²) in [5.41, 5.74) is 0. The molecule has 1 heterocycles. The van der Waals surface area contributed by atoms with E-state index in [4.69, 9.17) is 0 Å². The monoisotopic (exact) mass is 259 g/mol. The second-order valence-corrected chi connectivity index (χ2v) is 4.28. The van der Waals surface area contributed by atoms with Crippen LogP contribution in [0.15, 0.2) is 28.2 Å². The van der Waals surface area contributed by atoms with Crippen molar-refractivity contribution in [1.29, 1.82) is 0 Å². The van der Waals surface area contributed by atoms with E-state index in [1.807, 2.05) is 18.4 Å². The lowest BCUT2D eigenvalue weighted by atomic mass is 10.5. The van der Waals surface area contributed by atoms with Crippen molar-refractivity contribution < 1.29 is 0 Å². The Balaban J connectivity index is 2.54. The molecule has 3 nitrogen and oxygen atoms in total. The van der Waals surface area contributed by atoms with Gasteiger partial charge in [0.15, 0.2) is 0 Å². The van der Waals surface area contributed by atoms with E-state index in [-0.39, 0.29) is 0 Å². The highest BCUT2D eigenvalue weighted by molar-refractivity contribution is 9.11. The second kappa shape index (κ2) is 5.24. The molecule has 0 fully saturated rings. The Morgan fingerprint density at radius 2 is 2.38 bits per heavy atom. The lowest BCUT2D eigenvalue weighted by molar-refractivity contribution is 0.930. The minimum Gasteiger partial charge on any atom is -0.364 e. The molecule has 70 valence electrons. The summed E-state index contributed by atoms with van der Waals surface area (Å²) in [5.74, 6) is 0.762. The van der Waals surface area contributed by atoms with Gasteiger partial charge in [-0.1, -0.05) is 22.5 Å². The summed E-state index contributed by atoms with van der Waals surface area (Å²) >= 11 is 4.82. The van der Waals surface area contributed by atoms with Crippen LogP contribution in [-0.4, -0.2) is 23.0 Å². The van der Waals surface area contributed by atoms with Crippen molar-refractivity contribution in [3.63, 3.8) is 0 Å². The summed E-state index contributed by atoms with van der Waals surface area (Å²) in [5, 5.41) is 11.9. The van der Waals surface area contributed by atoms with Gasteiger partial charge in [0.2, 0.25) is 0 Å². The van der Waals surface area contributed by atoms with Gasteiger partial charge in [0.25, 0.3) is 0 Å². The van der Waals surface area contributed by atoms with Gasteiger partial charge < -0.3 is 5.32 Å². The van der Waals surface area contributed by atoms with E-state index in [0.717, 1.165) is 15.3 Å². The Labute approximate surface area is 90.1 Å². The molecule has 1 aromatic rings. The fraction of sp³-hybridized carbons (Fsp3) is 0.250. The average Bonchev–Trinajstić information content (AvgIpc) is 2.15. The fourth-order valence-electron chi connectivity index (χ4n) is 0.710. The number of thioether (sulfide) groups is 1. The first kappa shape index (κ1) is 10.5. The Morgan fingerprint density at radius 1 is 1.62 bits per heavy atom. The van der Waals surface area contributed by atoms with Gasteiger partial charge in [-0.25, -0.2) is 0 Å². The van der Waals surface area contributed by atoms with Crippen LogP contribution in [0.25, 0.3) is 0 Å². The predicted octanol–water partition coefficient (Wildman–Crippen LogP) is 2.52. The third-order valence-electron chi connectivity index (χ3n) is 1.31. The smallest absolute Gasteiger partial charge is 0.149 e. The molecule has 0 saturated heterocycles. The van der Waals surface area contributed by atoms with Crippen LogP contribution in [0.3, 0.4) is 0 Å². The predicted molar refractivity (Wildman–Crippen MR) is 60.4 cm³/mol. The SMILES string of the molecule is C=C(Br)CNc1ccc(SC)nn1. The van der Waals surface area contributed by atoms with Gasteiger partial charge in [-0.15, -0.1) is 22.0 Å². The van der Waals surface area contributed by atoms with E-state index in [0.29, 0.717) is 6.54 Å². The van der Waals surface area contributed by atoms with Crippen LogP contribution in [0.5, 0.6) is 0 Å². The molecule has 0 unspecified atom stereocenters. The van der Waals surface area contributed by atoms with Crippen LogP contribution in [0, 0.1) is 0 Å². The van der Waals surface area contributed by atoms with Gasteiger partial charge in [0, 0.05) is 11.0 Å². The van der Waals surface area contributed by atoms with Crippen molar-refractivity contribution in [2.75, 3.05) is 18.1 Å². The van der Waals surface area contributed by atoms with Crippen LogP contribution in [-0.2, 0) is 0 Å². The number of hydrogen-bond donors (Lipinski definition) is 1. The Kier molecular flexibility index (Phi) is 4.24. The van der Waals surface area contributed by atoms with E-state index < -0.39 is 0 Å². The zero-order valence-corrected chi connectivity index (χ0v) is 9.65. The molecule has 0 bridgehead atoms. The maximum atomic E-state index is 3.98. The van der Waals surface area contributed by atoms with Crippen LogP contribution >= 0.6 is 27.7 Å². The van der Waals surface area contributed by atoms with Gasteiger partial charge in [0.05, 0.1) is 0 Å². The molecule has 0 spiro atoms. The summed E-state index contributed by atoms with van der Waals surface area (Å²) in [7, 11) is 0. The zero-order chi connectivity index (χ0) is 9.68. The van der Waals surface area contributed by atoms with Crippen molar-refractivity contribution in [2.24, 2.45) is 0 Å². The van der Waals surface area contributed by atoms with Crippen LogP contribution in [0.2, 0.25) is 0 Å². The Hall–Kier alpha value is -0.550. The average molecular weight is 260 g/mol. The molecule has 1 N–H and O–H groups in total. The number of aromatic nitrogens is 2. The number of rotatable bonds is 4. The van der Waals surface area contributed by atoms with E-state index in [9.17, 15) is 0 Å². The molecule has 0 atom stereocenters. The molecule has 1 aromatic heterocycles. The highest BCUT2D eigenvalue weighted by atomic mass is 79.9. The van der Waals surface area contributed by atoms with Gasteiger partial charge in [0.1, 0.15) is 10.8 Å². The molecule has 0 radical (unpaired) electrons. The van der Waals surface area contributed by atoms with E-state index in [2.05, 4.69) is 38.0 Å². The summed E-state index contributed by atoms with van der Waals surface area (Å²) < 4.78 is 0.892. The van der Waals surface area contributed by atoms with Crippen molar-refractivity contribution >= 4 is 33.5 Å². The quantitative estimate of drug-likeness (QED) is 0.844. The first-order chi connectivity index (χ1) is 6.22. The van der Waals surface area contributed by atoms with E-state index in [1.165, 1.54) is 0 Å². The van der Waals surface area contributed by atoms with Crippen molar-refractivity contribution in [3.8, 4) is 0 Å². The molecule has 0 aliphatic heterocycles. The maximum absolute atomic E-state index is 3.98. The Bertz CT molecular complexity index is 286. The third kappa shape index (κ3) is 3.78. The fourth-order valence-corrected chi connectivity index (χ4v) is 1.18. The molecule has 5 heteroatoms. The highest BCUT2D eigenvalue weighted by Gasteiger charge is 1.95. The van der Waals surface area contributed by atoms with Crippen molar-refractivity contribution in [2.45, 2.75) is 5.03 Å². The summed E-state index contributed by atoms with van der Waals surface area (Å²) in [6.45, 7) is 4.37. The van der Waals surface area contributed by atoms with Crippen molar-refractivity contribution in [3.05, 3.63) is 23.2 Å². The molecular weight excluding hydrogens is 250 g/mol. The Morgan fingerprint density at radius 3 is 2.85 bits per heavy atom. The lowest BCUT2D eigenvalue weighted by Crippen LogP contribution is -2.03. The normalized spacial score (nSPS) is 9.69.